The van der Waals surface area contributed by atoms with Gasteiger partial charge in [0, 0.05) is 26.1 Å². The average molecular weight is 227 g/mol. The van der Waals surface area contributed by atoms with Crippen LogP contribution in [0.3, 0.4) is 0 Å². The number of aliphatic hydroxyl groups excluding tert-OH is 1. The van der Waals surface area contributed by atoms with E-state index in [-0.39, 0.29) is 25.1 Å². The summed E-state index contributed by atoms with van der Waals surface area (Å²) in [5, 5.41) is 15.5. The van der Waals surface area contributed by atoms with Crippen molar-refractivity contribution in [3.63, 3.8) is 0 Å². The van der Waals surface area contributed by atoms with Gasteiger partial charge in [0.05, 0.1) is 12.6 Å². The van der Waals surface area contributed by atoms with Gasteiger partial charge in [0.15, 0.2) is 0 Å². The van der Waals surface area contributed by atoms with Gasteiger partial charge in [-0.05, 0) is 12.5 Å². The molecule has 16 heavy (non-hydrogen) atoms. The number of ether oxygens (including phenoxy) is 1. The third-order valence-corrected chi connectivity index (χ3v) is 2.08. The van der Waals surface area contributed by atoms with Gasteiger partial charge in [-0.1, -0.05) is 0 Å². The van der Waals surface area contributed by atoms with Crippen molar-refractivity contribution in [1.29, 1.82) is 0 Å². The van der Waals surface area contributed by atoms with E-state index in [1.807, 2.05) is 0 Å². The second-order valence-electron chi connectivity index (χ2n) is 3.44. The van der Waals surface area contributed by atoms with Gasteiger partial charge in [0.1, 0.15) is 6.54 Å². The molecule has 2 N–H and O–H groups in total. The molecule has 90 valence electrons. The number of aliphatic hydroxyl groups is 1. The highest BCUT2D eigenvalue weighted by molar-refractivity contribution is 5.75. The zero-order chi connectivity index (χ0) is 11.8. The molecule has 0 saturated heterocycles. The zero-order valence-electron chi connectivity index (χ0n) is 9.30. The molecule has 0 radical (unpaired) electrons. The molecule has 1 amide bonds. The second kappa shape index (κ2) is 6.97. The number of hydrogen-bond donors (Lipinski definition) is 2. The number of nitrogens with zero attached hydrogens (tertiary/aromatic N) is 2. The molecule has 6 heteroatoms. The molecular formula is C10H17N3O3. The lowest BCUT2D eigenvalue weighted by Gasteiger charge is -2.16. The van der Waals surface area contributed by atoms with Gasteiger partial charge >= 0.3 is 0 Å². The third-order valence-electron chi connectivity index (χ3n) is 2.08. The van der Waals surface area contributed by atoms with Gasteiger partial charge in [-0.25, -0.2) is 0 Å². The van der Waals surface area contributed by atoms with Crippen LogP contribution in [-0.4, -0.2) is 47.2 Å². The van der Waals surface area contributed by atoms with Crippen LogP contribution in [0, 0.1) is 0 Å². The van der Waals surface area contributed by atoms with Crippen LogP contribution >= 0.6 is 0 Å². The highest BCUT2D eigenvalue weighted by atomic mass is 16.5. The Balaban J connectivity index is 2.35. The maximum Gasteiger partial charge on any atom is 0.242 e. The minimum atomic E-state index is -0.155. The van der Waals surface area contributed by atoms with Gasteiger partial charge < -0.3 is 15.2 Å². The molecule has 0 aromatic carbocycles. The van der Waals surface area contributed by atoms with Crippen molar-refractivity contribution >= 4 is 5.91 Å². The van der Waals surface area contributed by atoms with Gasteiger partial charge in [-0.3, -0.25) is 9.48 Å². The van der Waals surface area contributed by atoms with Crippen LogP contribution in [0.5, 0.6) is 0 Å². The van der Waals surface area contributed by atoms with Gasteiger partial charge in [0.2, 0.25) is 5.91 Å². The van der Waals surface area contributed by atoms with E-state index < -0.39 is 0 Å². The summed E-state index contributed by atoms with van der Waals surface area (Å²) in [7, 11) is 1.56. The molecule has 1 heterocycles. The first-order valence-electron chi connectivity index (χ1n) is 5.13. The molecule has 1 aromatic heterocycles. The lowest BCUT2D eigenvalue weighted by molar-refractivity contribution is -0.123. The van der Waals surface area contributed by atoms with E-state index in [0.717, 1.165) is 0 Å². The summed E-state index contributed by atoms with van der Waals surface area (Å²) in [4.78, 5) is 11.6. The largest absolute Gasteiger partial charge is 0.396 e. The van der Waals surface area contributed by atoms with Crippen LogP contribution in [0.25, 0.3) is 0 Å². The lowest BCUT2D eigenvalue weighted by Crippen LogP contribution is -2.40. The lowest BCUT2D eigenvalue weighted by atomic mass is 10.2. The smallest absolute Gasteiger partial charge is 0.242 e. The molecule has 1 unspecified atom stereocenters. The van der Waals surface area contributed by atoms with E-state index in [1.165, 1.54) is 4.68 Å². The quantitative estimate of drug-likeness (QED) is 0.652. The summed E-state index contributed by atoms with van der Waals surface area (Å²) >= 11 is 0. The van der Waals surface area contributed by atoms with E-state index in [2.05, 4.69) is 10.4 Å². The summed E-state index contributed by atoms with van der Waals surface area (Å²) in [6.07, 6.45) is 3.82. The Morgan fingerprint density at radius 2 is 2.50 bits per heavy atom. The van der Waals surface area contributed by atoms with E-state index in [1.54, 1.807) is 25.6 Å². The molecule has 6 nitrogen and oxygen atoms in total. The maximum absolute atomic E-state index is 11.6. The molecule has 0 saturated carbocycles. The molecular weight excluding hydrogens is 210 g/mol. The number of carbonyl (C=O) groups excluding carboxylic acids is 1. The number of nitrogens with one attached hydrogen (secondary N) is 1. The fourth-order valence-electron chi connectivity index (χ4n) is 1.37. The van der Waals surface area contributed by atoms with Crippen LogP contribution in [0.4, 0.5) is 0 Å². The molecule has 0 spiro atoms. The van der Waals surface area contributed by atoms with Crippen molar-refractivity contribution in [2.24, 2.45) is 0 Å². The fraction of sp³-hybridized carbons (Fsp3) is 0.600. The Hall–Kier alpha value is -1.40. The Kier molecular flexibility index (Phi) is 5.52. The summed E-state index contributed by atoms with van der Waals surface area (Å²) in [5.41, 5.74) is 0. The number of amides is 1. The molecule has 0 aliphatic heterocycles. The Morgan fingerprint density at radius 1 is 1.69 bits per heavy atom. The number of rotatable bonds is 7. The Labute approximate surface area is 94.2 Å². The van der Waals surface area contributed by atoms with Gasteiger partial charge in [0.25, 0.3) is 0 Å². The standard InChI is InChI=1S/C10H17N3O3/c1-16-8-9(3-6-14)12-10(15)7-13-5-2-4-11-13/h2,4-5,9,14H,3,6-8H2,1H3,(H,12,15). The first-order chi connectivity index (χ1) is 7.76. The predicted molar refractivity (Wildman–Crippen MR) is 57.7 cm³/mol. The molecule has 0 aliphatic rings. The summed E-state index contributed by atoms with van der Waals surface area (Å²) in [5.74, 6) is -0.140. The second-order valence-corrected chi connectivity index (χ2v) is 3.44. The van der Waals surface area contributed by atoms with Crippen molar-refractivity contribution in [2.45, 2.75) is 19.0 Å². The monoisotopic (exact) mass is 227 g/mol. The minimum Gasteiger partial charge on any atom is -0.396 e. The zero-order valence-corrected chi connectivity index (χ0v) is 9.30. The van der Waals surface area contributed by atoms with E-state index in [9.17, 15) is 4.79 Å². The number of hydrogen-bond acceptors (Lipinski definition) is 4. The van der Waals surface area contributed by atoms with E-state index in [0.29, 0.717) is 13.0 Å². The van der Waals surface area contributed by atoms with Crippen LogP contribution in [0.2, 0.25) is 0 Å². The van der Waals surface area contributed by atoms with Crippen LogP contribution in [0.1, 0.15) is 6.42 Å². The van der Waals surface area contributed by atoms with Crippen LogP contribution in [-0.2, 0) is 16.1 Å². The van der Waals surface area contributed by atoms with Gasteiger partial charge in [-0.2, -0.15) is 5.10 Å². The Bertz CT molecular complexity index is 294. The highest BCUT2D eigenvalue weighted by Crippen LogP contribution is 1.93. The number of aromatic nitrogens is 2. The Morgan fingerprint density at radius 3 is 3.06 bits per heavy atom. The predicted octanol–water partition coefficient (Wildman–Crippen LogP) is -0.603. The van der Waals surface area contributed by atoms with Crippen molar-refractivity contribution in [3.8, 4) is 0 Å². The number of carbonyl (C=O) groups is 1. The molecule has 0 aliphatic carbocycles. The molecule has 1 atom stereocenters. The van der Waals surface area contributed by atoms with Crippen LogP contribution in [0.15, 0.2) is 18.5 Å². The van der Waals surface area contributed by atoms with Crippen LogP contribution < -0.4 is 5.32 Å². The first-order valence-corrected chi connectivity index (χ1v) is 5.13. The summed E-state index contributed by atoms with van der Waals surface area (Å²) in [6, 6.07) is 1.60. The topological polar surface area (TPSA) is 76.4 Å². The van der Waals surface area contributed by atoms with Gasteiger partial charge in [-0.15, -0.1) is 0 Å². The molecule has 0 bridgehead atoms. The molecule has 1 rings (SSSR count). The summed E-state index contributed by atoms with van der Waals surface area (Å²) < 4.78 is 6.48. The number of methoxy groups -OCH3 is 1. The normalized spacial score (nSPS) is 12.4. The van der Waals surface area contributed by atoms with Crippen molar-refractivity contribution in [3.05, 3.63) is 18.5 Å². The van der Waals surface area contributed by atoms with E-state index in [4.69, 9.17) is 9.84 Å². The first kappa shape index (κ1) is 12.7. The van der Waals surface area contributed by atoms with Crippen molar-refractivity contribution in [1.82, 2.24) is 15.1 Å². The minimum absolute atomic E-state index is 0.0239. The van der Waals surface area contributed by atoms with Crippen molar-refractivity contribution < 1.29 is 14.6 Å². The molecule has 1 aromatic rings. The summed E-state index contributed by atoms with van der Waals surface area (Å²) in [6.45, 7) is 0.597. The van der Waals surface area contributed by atoms with Crippen molar-refractivity contribution in [2.75, 3.05) is 20.3 Å². The fourth-order valence-corrected chi connectivity index (χ4v) is 1.37. The van der Waals surface area contributed by atoms with E-state index >= 15 is 0 Å². The highest BCUT2D eigenvalue weighted by Gasteiger charge is 2.11. The molecule has 0 fully saturated rings. The maximum atomic E-state index is 11.6. The third kappa shape index (κ3) is 4.41. The average Bonchev–Trinajstić information content (AvgIpc) is 2.71. The SMILES string of the molecule is COCC(CCO)NC(=O)Cn1cccn1.